The van der Waals surface area contributed by atoms with Gasteiger partial charge in [-0.1, -0.05) is 0 Å². The Kier molecular flexibility index (Phi) is 1.66. The van der Waals surface area contributed by atoms with Crippen LogP contribution in [-0.2, 0) is 19.9 Å². The molecule has 11 heavy (non-hydrogen) atoms. The molecule has 0 fully saturated rings. The first-order valence-electron chi connectivity index (χ1n) is 4.08. The number of imidazole rings is 1. The minimum absolute atomic E-state index is 1.07. The fraction of sp³-hybridized carbons (Fsp3) is 0.625. The Bertz CT molecular complexity index is 252. The highest BCUT2D eigenvalue weighted by molar-refractivity contribution is 5.15. The van der Waals surface area contributed by atoms with Crippen molar-refractivity contribution in [3.63, 3.8) is 0 Å². The lowest BCUT2D eigenvalue weighted by molar-refractivity contribution is 0.691. The molecule has 0 aromatic carbocycles. The van der Waals surface area contributed by atoms with Crippen LogP contribution in [0.1, 0.15) is 11.4 Å². The summed E-state index contributed by atoms with van der Waals surface area (Å²) in [5, 5.41) is 3.35. The Morgan fingerprint density at radius 3 is 3.18 bits per heavy atom. The van der Waals surface area contributed by atoms with Crippen LogP contribution in [0.4, 0.5) is 0 Å². The summed E-state index contributed by atoms with van der Waals surface area (Å²) in [5.74, 6) is 0. The predicted octanol–water partition coefficient (Wildman–Crippen LogP) is 0.108. The largest absolute Gasteiger partial charge is 0.337 e. The molecule has 0 aliphatic carbocycles. The maximum Gasteiger partial charge on any atom is 0.0949 e. The normalized spacial score (nSPS) is 17.5. The topological polar surface area (TPSA) is 29.9 Å². The number of nitrogens with one attached hydrogen (secondary N) is 1. The number of aryl methyl sites for hydroxylation is 1. The highest BCUT2D eigenvalue weighted by Crippen LogP contribution is 2.09. The summed E-state index contributed by atoms with van der Waals surface area (Å²) in [7, 11) is 2.07. The first kappa shape index (κ1) is 6.85. The molecule has 1 aromatic rings. The summed E-state index contributed by atoms with van der Waals surface area (Å²) in [6.07, 6.45) is 4.11. The monoisotopic (exact) mass is 151 g/mol. The molecule has 0 amide bonds. The van der Waals surface area contributed by atoms with Gasteiger partial charge in [0.15, 0.2) is 0 Å². The van der Waals surface area contributed by atoms with E-state index >= 15 is 0 Å². The maximum atomic E-state index is 4.34. The second kappa shape index (κ2) is 2.66. The van der Waals surface area contributed by atoms with Crippen LogP contribution < -0.4 is 5.32 Å². The van der Waals surface area contributed by atoms with Crippen molar-refractivity contribution < 1.29 is 0 Å². The van der Waals surface area contributed by atoms with E-state index in [4.69, 9.17) is 0 Å². The second-order valence-electron chi connectivity index (χ2n) is 3.00. The third-order valence-corrected chi connectivity index (χ3v) is 2.22. The summed E-state index contributed by atoms with van der Waals surface area (Å²) in [4.78, 5) is 4.34. The van der Waals surface area contributed by atoms with E-state index in [0.29, 0.717) is 0 Å². The van der Waals surface area contributed by atoms with Gasteiger partial charge in [0.1, 0.15) is 0 Å². The molecule has 2 heterocycles. The van der Waals surface area contributed by atoms with Crippen molar-refractivity contribution in [3.8, 4) is 0 Å². The molecule has 1 N–H and O–H groups in total. The average Bonchev–Trinajstić information content (AvgIpc) is 2.25. The maximum absolute atomic E-state index is 4.34. The van der Waals surface area contributed by atoms with E-state index < -0.39 is 0 Å². The molecular weight excluding hydrogens is 138 g/mol. The van der Waals surface area contributed by atoms with E-state index in [1.54, 1.807) is 0 Å². The summed E-state index contributed by atoms with van der Waals surface area (Å²) in [6.45, 7) is 2.16. The molecule has 1 aliphatic heterocycles. The van der Waals surface area contributed by atoms with Crippen molar-refractivity contribution in [2.75, 3.05) is 13.1 Å². The first-order chi connectivity index (χ1) is 5.38. The smallest absolute Gasteiger partial charge is 0.0949 e. The van der Waals surface area contributed by atoms with E-state index in [1.165, 1.54) is 11.4 Å². The molecule has 0 atom stereocenters. The van der Waals surface area contributed by atoms with Gasteiger partial charge in [0.05, 0.1) is 12.0 Å². The quantitative estimate of drug-likeness (QED) is 0.570. The molecule has 0 spiro atoms. The lowest BCUT2D eigenvalue weighted by Crippen LogP contribution is -2.16. The molecule has 1 aromatic heterocycles. The Hall–Kier alpha value is -0.830. The van der Waals surface area contributed by atoms with Crippen molar-refractivity contribution in [1.29, 1.82) is 0 Å². The van der Waals surface area contributed by atoms with Crippen LogP contribution in [0.15, 0.2) is 6.33 Å². The van der Waals surface area contributed by atoms with E-state index in [9.17, 15) is 0 Å². The molecular formula is C8H13N3. The number of nitrogens with zero attached hydrogens (tertiary/aromatic N) is 2. The van der Waals surface area contributed by atoms with Crippen molar-refractivity contribution >= 4 is 0 Å². The molecule has 0 saturated carbocycles. The van der Waals surface area contributed by atoms with E-state index in [-0.39, 0.29) is 0 Å². The lowest BCUT2D eigenvalue weighted by Gasteiger charge is -1.99. The molecule has 0 radical (unpaired) electrons. The van der Waals surface area contributed by atoms with Crippen molar-refractivity contribution in [1.82, 2.24) is 14.9 Å². The molecule has 0 unspecified atom stereocenters. The fourth-order valence-corrected chi connectivity index (χ4v) is 1.57. The van der Waals surface area contributed by atoms with Crippen molar-refractivity contribution in [3.05, 3.63) is 17.7 Å². The summed E-state index contributed by atoms with van der Waals surface area (Å²) in [5.41, 5.74) is 2.67. The summed E-state index contributed by atoms with van der Waals surface area (Å²) in [6, 6.07) is 0. The zero-order valence-electron chi connectivity index (χ0n) is 6.80. The molecule has 0 saturated heterocycles. The first-order valence-corrected chi connectivity index (χ1v) is 4.08. The molecule has 3 nitrogen and oxygen atoms in total. The average molecular weight is 151 g/mol. The Morgan fingerprint density at radius 2 is 2.27 bits per heavy atom. The Balaban J connectivity index is 2.35. The number of aromatic nitrogens is 2. The van der Waals surface area contributed by atoms with Crippen LogP contribution in [0.5, 0.6) is 0 Å². The molecule has 0 bridgehead atoms. The van der Waals surface area contributed by atoms with Gasteiger partial charge in [-0.25, -0.2) is 4.98 Å². The van der Waals surface area contributed by atoms with Crippen LogP contribution in [0.2, 0.25) is 0 Å². The number of rotatable bonds is 0. The standard InChI is InChI=1S/C8H13N3/c1-11-6-10-7-2-4-9-5-3-8(7)11/h6,9H,2-5H2,1H3. The van der Waals surface area contributed by atoms with Gasteiger partial charge in [-0.3, -0.25) is 0 Å². The van der Waals surface area contributed by atoms with Crippen LogP contribution >= 0.6 is 0 Å². The number of hydrogen-bond acceptors (Lipinski definition) is 2. The molecule has 1 aliphatic rings. The van der Waals surface area contributed by atoms with Gasteiger partial charge in [-0.2, -0.15) is 0 Å². The van der Waals surface area contributed by atoms with Gasteiger partial charge in [-0.15, -0.1) is 0 Å². The second-order valence-corrected chi connectivity index (χ2v) is 3.00. The van der Waals surface area contributed by atoms with Crippen LogP contribution in [0, 0.1) is 0 Å². The highest BCUT2D eigenvalue weighted by Gasteiger charge is 2.10. The zero-order valence-corrected chi connectivity index (χ0v) is 6.80. The SMILES string of the molecule is Cn1cnc2c1CCNCC2. The van der Waals surface area contributed by atoms with Gasteiger partial charge in [0.2, 0.25) is 0 Å². The fourth-order valence-electron chi connectivity index (χ4n) is 1.57. The van der Waals surface area contributed by atoms with Crippen LogP contribution in [-0.4, -0.2) is 22.6 Å². The van der Waals surface area contributed by atoms with Crippen LogP contribution in [0.25, 0.3) is 0 Å². The van der Waals surface area contributed by atoms with Gasteiger partial charge in [0.25, 0.3) is 0 Å². The third kappa shape index (κ3) is 1.16. The Labute approximate surface area is 66.4 Å². The lowest BCUT2D eigenvalue weighted by atomic mass is 10.2. The number of fused-ring (bicyclic) bond motifs is 1. The zero-order chi connectivity index (χ0) is 7.68. The Morgan fingerprint density at radius 1 is 1.45 bits per heavy atom. The molecule has 2 rings (SSSR count). The predicted molar refractivity (Wildman–Crippen MR) is 43.5 cm³/mol. The highest BCUT2D eigenvalue weighted by atomic mass is 15.0. The van der Waals surface area contributed by atoms with Crippen molar-refractivity contribution in [2.45, 2.75) is 12.8 Å². The molecule has 60 valence electrons. The van der Waals surface area contributed by atoms with E-state index in [0.717, 1.165) is 25.9 Å². The minimum atomic E-state index is 1.07. The van der Waals surface area contributed by atoms with Gasteiger partial charge < -0.3 is 9.88 Å². The third-order valence-electron chi connectivity index (χ3n) is 2.22. The van der Waals surface area contributed by atoms with Crippen LogP contribution in [0.3, 0.4) is 0 Å². The van der Waals surface area contributed by atoms with E-state index in [2.05, 4.69) is 21.9 Å². The van der Waals surface area contributed by atoms with E-state index in [1.807, 2.05) is 6.33 Å². The minimum Gasteiger partial charge on any atom is -0.337 e. The van der Waals surface area contributed by atoms with Gasteiger partial charge >= 0.3 is 0 Å². The molecule has 3 heteroatoms. The number of hydrogen-bond donors (Lipinski definition) is 1. The van der Waals surface area contributed by atoms with Crippen molar-refractivity contribution in [2.24, 2.45) is 7.05 Å². The van der Waals surface area contributed by atoms with Gasteiger partial charge in [-0.05, 0) is 0 Å². The summed E-state index contributed by atoms with van der Waals surface area (Å²) >= 11 is 0. The van der Waals surface area contributed by atoms with Gasteiger partial charge in [0, 0.05) is 38.7 Å². The summed E-state index contributed by atoms with van der Waals surface area (Å²) < 4.78 is 2.13.